The lowest BCUT2D eigenvalue weighted by molar-refractivity contribution is -0.126. The Hall–Kier alpha value is -2.44. The molecule has 2 aliphatic rings. The van der Waals surface area contributed by atoms with Crippen LogP contribution in [0.5, 0.6) is 11.5 Å². The van der Waals surface area contributed by atoms with Crippen LogP contribution < -0.4 is 14.8 Å². The second kappa shape index (κ2) is 6.76. The quantitative estimate of drug-likeness (QED) is 0.913. The smallest absolute Gasteiger partial charge is 0.409 e. The Bertz CT molecular complexity index is 596. The highest BCUT2D eigenvalue weighted by Gasteiger charge is 2.27. The Kier molecular flexibility index (Phi) is 4.55. The van der Waals surface area contributed by atoms with Crippen LogP contribution in [0.25, 0.3) is 0 Å². The highest BCUT2D eigenvalue weighted by molar-refractivity contribution is 5.79. The number of likely N-dealkylation sites (tertiary alicyclic amines) is 1. The van der Waals surface area contributed by atoms with Gasteiger partial charge in [-0.15, -0.1) is 0 Å². The van der Waals surface area contributed by atoms with Crippen molar-refractivity contribution < 1.29 is 23.8 Å². The average molecular weight is 320 g/mol. The lowest BCUT2D eigenvalue weighted by Crippen LogP contribution is -2.42. The van der Waals surface area contributed by atoms with Crippen molar-refractivity contribution in [3.05, 3.63) is 23.8 Å². The number of carbonyl (C=O) groups is 2. The monoisotopic (exact) mass is 320 g/mol. The number of fused-ring (bicyclic) bond motifs is 1. The third kappa shape index (κ3) is 3.49. The number of ether oxygens (including phenoxy) is 3. The molecule has 1 N–H and O–H groups in total. The van der Waals surface area contributed by atoms with Crippen LogP contribution in [0.2, 0.25) is 0 Å². The molecule has 2 aliphatic heterocycles. The number of benzene rings is 1. The lowest BCUT2D eigenvalue weighted by atomic mass is 9.96. The molecule has 1 aromatic rings. The van der Waals surface area contributed by atoms with Gasteiger partial charge in [0.2, 0.25) is 12.7 Å². The zero-order valence-corrected chi connectivity index (χ0v) is 13.0. The molecule has 7 nitrogen and oxygen atoms in total. The van der Waals surface area contributed by atoms with Gasteiger partial charge in [-0.3, -0.25) is 4.79 Å². The van der Waals surface area contributed by atoms with Gasteiger partial charge in [-0.05, 0) is 30.5 Å². The Morgan fingerprint density at radius 1 is 1.26 bits per heavy atom. The van der Waals surface area contributed by atoms with E-state index in [0.717, 1.165) is 11.3 Å². The van der Waals surface area contributed by atoms with Crippen LogP contribution in [0.15, 0.2) is 18.2 Å². The molecule has 23 heavy (non-hydrogen) atoms. The van der Waals surface area contributed by atoms with E-state index in [4.69, 9.17) is 14.2 Å². The predicted molar refractivity (Wildman–Crippen MR) is 81.1 cm³/mol. The van der Waals surface area contributed by atoms with Crippen molar-refractivity contribution in [3.63, 3.8) is 0 Å². The Morgan fingerprint density at radius 2 is 2.00 bits per heavy atom. The molecular weight excluding hydrogens is 300 g/mol. The summed E-state index contributed by atoms with van der Waals surface area (Å²) in [7, 11) is 1.37. The Labute approximate surface area is 134 Å². The normalized spacial score (nSPS) is 17.0. The van der Waals surface area contributed by atoms with Crippen LogP contribution >= 0.6 is 0 Å². The summed E-state index contributed by atoms with van der Waals surface area (Å²) in [6.45, 7) is 1.79. The molecule has 0 spiro atoms. The van der Waals surface area contributed by atoms with Crippen molar-refractivity contribution in [1.82, 2.24) is 10.2 Å². The average Bonchev–Trinajstić information content (AvgIpc) is 3.06. The maximum atomic E-state index is 12.2. The topological polar surface area (TPSA) is 77.1 Å². The van der Waals surface area contributed by atoms with Crippen LogP contribution in [0.4, 0.5) is 4.79 Å². The fraction of sp³-hybridized carbons (Fsp3) is 0.500. The fourth-order valence-corrected chi connectivity index (χ4v) is 2.84. The van der Waals surface area contributed by atoms with Gasteiger partial charge in [0.1, 0.15) is 0 Å². The van der Waals surface area contributed by atoms with E-state index in [1.165, 1.54) is 7.11 Å². The van der Waals surface area contributed by atoms with Gasteiger partial charge in [-0.1, -0.05) is 6.07 Å². The first-order valence-electron chi connectivity index (χ1n) is 7.66. The molecule has 124 valence electrons. The number of nitrogens with one attached hydrogen (secondary N) is 1. The van der Waals surface area contributed by atoms with Gasteiger partial charge >= 0.3 is 6.09 Å². The van der Waals surface area contributed by atoms with E-state index in [2.05, 4.69) is 5.32 Å². The van der Waals surface area contributed by atoms with E-state index in [-0.39, 0.29) is 24.7 Å². The van der Waals surface area contributed by atoms with Crippen molar-refractivity contribution in [1.29, 1.82) is 0 Å². The van der Waals surface area contributed by atoms with Crippen molar-refractivity contribution >= 4 is 12.0 Å². The molecule has 0 atom stereocenters. The van der Waals surface area contributed by atoms with Crippen LogP contribution in [0.3, 0.4) is 0 Å². The fourth-order valence-electron chi connectivity index (χ4n) is 2.84. The SMILES string of the molecule is COC(=O)N1CCC(C(=O)NCc2ccc3c(c2)OCO3)CC1. The molecule has 1 saturated heterocycles. The van der Waals surface area contributed by atoms with Gasteiger partial charge in [0, 0.05) is 25.6 Å². The molecule has 0 bridgehead atoms. The van der Waals surface area contributed by atoms with Gasteiger partial charge in [-0.25, -0.2) is 4.79 Å². The number of methoxy groups -OCH3 is 1. The first kappa shape index (κ1) is 15.5. The summed E-state index contributed by atoms with van der Waals surface area (Å²) in [5, 5.41) is 2.95. The maximum Gasteiger partial charge on any atom is 0.409 e. The zero-order valence-electron chi connectivity index (χ0n) is 13.0. The molecule has 3 rings (SSSR count). The van der Waals surface area contributed by atoms with Gasteiger partial charge < -0.3 is 24.4 Å². The largest absolute Gasteiger partial charge is 0.454 e. The molecule has 0 aromatic heterocycles. The van der Waals surface area contributed by atoms with E-state index in [9.17, 15) is 9.59 Å². The molecule has 1 fully saturated rings. The number of hydrogen-bond acceptors (Lipinski definition) is 5. The van der Waals surface area contributed by atoms with Gasteiger partial charge in [0.15, 0.2) is 11.5 Å². The van der Waals surface area contributed by atoms with Crippen LogP contribution in [-0.2, 0) is 16.1 Å². The maximum absolute atomic E-state index is 12.2. The van der Waals surface area contributed by atoms with E-state index in [1.807, 2.05) is 18.2 Å². The van der Waals surface area contributed by atoms with Crippen LogP contribution in [0.1, 0.15) is 18.4 Å². The highest BCUT2D eigenvalue weighted by atomic mass is 16.7. The summed E-state index contributed by atoms with van der Waals surface area (Å²) in [6.07, 6.45) is 0.980. The first-order chi connectivity index (χ1) is 11.2. The lowest BCUT2D eigenvalue weighted by Gasteiger charge is -2.30. The second-order valence-electron chi connectivity index (χ2n) is 5.64. The minimum absolute atomic E-state index is 0.0205. The predicted octanol–water partition coefficient (Wildman–Crippen LogP) is 1.51. The van der Waals surface area contributed by atoms with Crippen molar-refractivity contribution in [2.45, 2.75) is 19.4 Å². The van der Waals surface area contributed by atoms with Gasteiger partial charge in [0.25, 0.3) is 0 Å². The Morgan fingerprint density at radius 3 is 2.74 bits per heavy atom. The molecule has 0 aliphatic carbocycles. The summed E-state index contributed by atoms with van der Waals surface area (Å²) < 4.78 is 15.3. The van der Waals surface area contributed by atoms with E-state index >= 15 is 0 Å². The summed E-state index contributed by atoms with van der Waals surface area (Å²) in [4.78, 5) is 25.3. The Balaban J connectivity index is 1.48. The first-order valence-corrected chi connectivity index (χ1v) is 7.66. The number of piperidine rings is 1. The molecule has 2 heterocycles. The number of amides is 2. The summed E-state index contributed by atoms with van der Waals surface area (Å²) in [5.41, 5.74) is 0.967. The molecule has 2 amide bonds. The van der Waals surface area contributed by atoms with E-state index in [0.29, 0.717) is 38.2 Å². The number of carbonyl (C=O) groups excluding carboxylic acids is 2. The third-order valence-corrected chi connectivity index (χ3v) is 4.20. The van der Waals surface area contributed by atoms with Gasteiger partial charge in [0.05, 0.1) is 7.11 Å². The molecule has 0 saturated carbocycles. The number of nitrogens with zero attached hydrogens (tertiary/aromatic N) is 1. The minimum Gasteiger partial charge on any atom is -0.454 e. The molecule has 7 heteroatoms. The summed E-state index contributed by atoms with van der Waals surface area (Å²) in [6, 6.07) is 5.63. The summed E-state index contributed by atoms with van der Waals surface area (Å²) >= 11 is 0. The zero-order chi connectivity index (χ0) is 16.2. The van der Waals surface area contributed by atoms with Gasteiger partial charge in [-0.2, -0.15) is 0 Å². The molecular formula is C16H20N2O5. The third-order valence-electron chi connectivity index (χ3n) is 4.20. The number of hydrogen-bond donors (Lipinski definition) is 1. The van der Waals surface area contributed by atoms with E-state index < -0.39 is 0 Å². The number of rotatable bonds is 3. The van der Waals surface area contributed by atoms with Crippen LogP contribution in [0, 0.1) is 5.92 Å². The molecule has 0 radical (unpaired) electrons. The summed E-state index contributed by atoms with van der Waals surface area (Å²) in [5.74, 6) is 1.40. The highest BCUT2D eigenvalue weighted by Crippen LogP contribution is 2.32. The standard InChI is InChI=1S/C16H20N2O5/c1-21-16(20)18-6-4-12(5-7-18)15(19)17-9-11-2-3-13-14(8-11)23-10-22-13/h2-3,8,12H,4-7,9-10H2,1H3,(H,17,19). The van der Waals surface area contributed by atoms with Crippen molar-refractivity contribution in [3.8, 4) is 11.5 Å². The van der Waals surface area contributed by atoms with Crippen molar-refractivity contribution in [2.24, 2.45) is 5.92 Å². The van der Waals surface area contributed by atoms with E-state index in [1.54, 1.807) is 4.90 Å². The van der Waals surface area contributed by atoms with Crippen molar-refractivity contribution in [2.75, 3.05) is 27.0 Å². The van der Waals surface area contributed by atoms with Crippen LogP contribution in [-0.4, -0.2) is 43.9 Å². The molecule has 0 unspecified atom stereocenters. The second-order valence-corrected chi connectivity index (χ2v) is 5.64. The molecule has 1 aromatic carbocycles. The minimum atomic E-state index is -0.329.